The molecule has 33 heavy (non-hydrogen) atoms. The molecular formula is C23H25Cl2N5O2S. The van der Waals surface area contributed by atoms with E-state index in [1.165, 1.54) is 17.8 Å². The van der Waals surface area contributed by atoms with Crippen LogP contribution in [0.25, 0.3) is 0 Å². The van der Waals surface area contributed by atoms with Gasteiger partial charge in [-0.25, -0.2) is 4.98 Å². The molecule has 10 heteroatoms. The molecule has 2 amide bonds. The van der Waals surface area contributed by atoms with Gasteiger partial charge in [0.15, 0.2) is 0 Å². The Morgan fingerprint density at radius 1 is 1.06 bits per heavy atom. The van der Waals surface area contributed by atoms with Crippen LogP contribution in [-0.4, -0.2) is 32.7 Å². The van der Waals surface area contributed by atoms with E-state index in [1.807, 2.05) is 51.1 Å². The Labute approximate surface area is 207 Å². The lowest BCUT2D eigenvalue weighted by molar-refractivity contribution is -0.119. The van der Waals surface area contributed by atoms with Crippen molar-refractivity contribution in [3.8, 4) is 0 Å². The van der Waals surface area contributed by atoms with Crippen LogP contribution in [0.2, 0.25) is 10.0 Å². The number of benzene rings is 2. The fourth-order valence-electron chi connectivity index (χ4n) is 3.14. The summed E-state index contributed by atoms with van der Waals surface area (Å²) in [7, 11) is 0. The molecule has 7 nitrogen and oxygen atoms in total. The first-order valence-corrected chi connectivity index (χ1v) is 12.1. The Balaban J connectivity index is 1.59. The van der Waals surface area contributed by atoms with Crippen LogP contribution in [0.3, 0.4) is 0 Å². The number of nitrogens with zero attached hydrogens (tertiary/aromatic N) is 2. The van der Waals surface area contributed by atoms with Gasteiger partial charge in [0, 0.05) is 5.02 Å². The van der Waals surface area contributed by atoms with Gasteiger partial charge in [-0.3, -0.25) is 14.7 Å². The van der Waals surface area contributed by atoms with Gasteiger partial charge < -0.3 is 10.6 Å². The van der Waals surface area contributed by atoms with Crippen LogP contribution in [0.15, 0.2) is 53.7 Å². The second kappa shape index (κ2) is 11.5. The summed E-state index contributed by atoms with van der Waals surface area (Å²) in [5.41, 5.74) is 1.36. The first-order chi connectivity index (χ1) is 15.7. The summed E-state index contributed by atoms with van der Waals surface area (Å²) in [4.78, 5) is 29.6. The molecule has 0 aliphatic rings. The summed E-state index contributed by atoms with van der Waals surface area (Å²) in [5.74, 6) is 0.252. The first kappa shape index (κ1) is 25.1. The van der Waals surface area contributed by atoms with Crippen molar-refractivity contribution in [3.63, 3.8) is 0 Å². The van der Waals surface area contributed by atoms with Crippen LogP contribution in [-0.2, 0) is 4.79 Å². The first-order valence-electron chi connectivity index (χ1n) is 10.4. The van der Waals surface area contributed by atoms with E-state index >= 15 is 0 Å². The molecular weight excluding hydrogens is 481 g/mol. The van der Waals surface area contributed by atoms with E-state index in [-0.39, 0.29) is 34.5 Å². The van der Waals surface area contributed by atoms with E-state index in [4.69, 9.17) is 23.2 Å². The largest absolute Gasteiger partial charge is 0.349 e. The van der Waals surface area contributed by atoms with Crippen LogP contribution >= 0.6 is 35.0 Å². The third-order valence-corrected chi connectivity index (χ3v) is 6.31. The molecule has 0 saturated heterocycles. The lowest BCUT2D eigenvalue weighted by atomic mass is 10.0. The van der Waals surface area contributed by atoms with Gasteiger partial charge in [-0.1, -0.05) is 79.1 Å². The number of nitrogens with one attached hydrogen (secondary N) is 3. The topological polar surface area (TPSA) is 99.8 Å². The highest BCUT2D eigenvalue weighted by Crippen LogP contribution is 2.25. The minimum absolute atomic E-state index is 0.0286. The van der Waals surface area contributed by atoms with Crippen LogP contribution < -0.4 is 10.6 Å². The molecule has 0 spiro atoms. The zero-order valence-corrected chi connectivity index (χ0v) is 20.8. The van der Waals surface area contributed by atoms with Gasteiger partial charge in [-0.15, -0.1) is 5.10 Å². The molecule has 174 valence electrons. The summed E-state index contributed by atoms with van der Waals surface area (Å²) < 4.78 is 0. The van der Waals surface area contributed by atoms with E-state index in [0.29, 0.717) is 21.6 Å². The van der Waals surface area contributed by atoms with Crippen molar-refractivity contribution >= 4 is 46.8 Å². The predicted octanol–water partition coefficient (Wildman–Crippen LogP) is 5.21. The van der Waals surface area contributed by atoms with Gasteiger partial charge in [-0.05, 0) is 36.6 Å². The van der Waals surface area contributed by atoms with E-state index in [1.54, 1.807) is 12.1 Å². The number of carbonyl (C=O) groups excluding carboxylic acids is 2. The fourth-order valence-corrected chi connectivity index (χ4v) is 4.25. The summed E-state index contributed by atoms with van der Waals surface area (Å²) in [6.07, 6.45) is 0. The molecule has 1 heterocycles. The van der Waals surface area contributed by atoms with E-state index in [0.717, 1.165) is 5.56 Å². The lowest BCUT2D eigenvalue weighted by Gasteiger charge is -2.20. The Hall–Kier alpha value is -2.55. The number of halogens is 2. The average Bonchev–Trinajstić information content (AvgIpc) is 3.25. The highest BCUT2D eigenvalue weighted by atomic mass is 35.5. The predicted molar refractivity (Wildman–Crippen MR) is 132 cm³/mol. The minimum Gasteiger partial charge on any atom is -0.349 e. The van der Waals surface area contributed by atoms with E-state index in [2.05, 4.69) is 25.8 Å². The molecule has 3 N–H and O–H groups in total. The molecule has 0 bridgehead atoms. The van der Waals surface area contributed by atoms with Crippen LogP contribution in [0.1, 0.15) is 54.6 Å². The monoisotopic (exact) mass is 505 g/mol. The molecule has 0 aliphatic carbocycles. The number of amides is 2. The number of aromatic amines is 1. The normalized spacial score (nSPS) is 12.9. The summed E-state index contributed by atoms with van der Waals surface area (Å²) in [5, 5.41) is 14.1. The summed E-state index contributed by atoms with van der Waals surface area (Å²) in [6, 6.07) is 13.9. The Bertz CT molecular complexity index is 1110. The SMILES string of the molecule is CC(C)[C@@H](NC(=O)c1ccc(Cl)cc1Cl)c1nc(SCC(=O)N[C@H](C)c2ccccc2)n[nH]1. The molecule has 0 aliphatic heterocycles. The average molecular weight is 506 g/mol. The smallest absolute Gasteiger partial charge is 0.253 e. The van der Waals surface area contributed by atoms with Gasteiger partial charge >= 0.3 is 0 Å². The van der Waals surface area contributed by atoms with Crippen molar-refractivity contribution in [2.45, 2.75) is 38.0 Å². The highest BCUT2D eigenvalue weighted by molar-refractivity contribution is 7.99. The number of hydrogen-bond donors (Lipinski definition) is 3. The van der Waals surface area contributed by atoms with Crippen molar-refractivity contribution in [1.29, 1.82) is 0 Å². The zero-order chi connectivity index (χ0) is 24.0. The van der Waals surface area contributed by atoms with E-state index in [9.17, 15) is 9.59 Å². The van der Waals surface area contributed by atoms with Crippen LogP contribution in [0, 0.1) is 5.92 Å². The van der Waals surface area contributed by atoms with Crippen molar-refractivity contribution in [2.75, 3.05) is 5.75 Å². The summed E-state index contributed by atoms with van der Waals surface area (Å²) >= 11 is 13.3. The number of aromatic nitrogens is 3. The fraction of sp³-hybridized carbons (Fsp3) is 0.304. The van der Waals surface area contributed by atoms with Crippen molar-refractivity contribution < 1.29 is 9.59 Å². The second-order valence-electron chi connectivity index (χ2n) is 7.81. The highest BCUT2D eigenvalue weighted by Gasteiger charge is 2.24. The quantitative estimate of drug-likeness (QED) is 0.346. The second-order valence-corrected chi connectivity index (χ2v) is 9.60. The molecule has 1 aromatic heterocycles. The maximum absolute atomic E-state index is 12.7. The van der Waals surface area contributed by atoms with Gasteiger partial charge in [0.25, 0.3) is 5.91 Å². The molecule has 0 unspecified atom stereocenters. The Morgan fingerprint density at radius 2 is 1.79 bits per heavy atom. The molecule has 2 aromatic carbocycles. The lowest BCUT2D eigenvalue weighted by Crippen LogP contribution is -2.32. The van der Waals surface area contributed by atoms with Crippen molar-refractivity contribution in [2.24, 2.45) is 5.92 Å². The van der Waals surface area contributed by atoms with Crippen molar-refractivity contribution in [3.05, 3.63) is 75.5 Å². The maximum Gasteiger partial charge on any atom is 0.253 e. The van der Waals surface area contributed by atoms with Gasteiger partial charge in [0.05, 0.1) is 28.4 Å². The maximum atomic E-state index is 12.7. The number of thioether (sulfide) groups is 1. The van der Waals surface area contributed by atoms with Gasteiger partial charge in [-0.2, -0.15) is 0 Å². The third-order valence-electron chi connectivity index (χ3n) is 4.92. The van der Waals surface area contributed by atoms with Gasteiger partial charge in [0.1, 0.15) is 5.82 Å². The number of hydrogen-bond acceptors (Lipinski definition) is 5. The number of H-pyrrole nitrogens is 1. The van der Waals surface area contributed by atoms with Crippen LogP contribution in [0.5, 0.6) is 0 Å². The third kappa shape index (κ3) is 6.96. The molecule has 0 fully saturated rings. The number of carbonyl (C=O) groups is 2. The van der Waals surface area contributed by atoms with Crippen molar-refractivity contribution in [1.82, 2.24) is 25.8 Å². The molecule has 0 saturated carbocycles. The molecule has 3 rings (SSSR count). The van der Waals surface area contributed by atoms with Gasteiger partial charge in [0.2, 0.25) is 11.1 Å². The molecule has 2 atom stereocenters. The molecule has 3 aromatic rings. The number of rotatable bonds is 9. The minimum atomic E-state index is -0.418. The molecule has 0 radical (unpaired) electrons. The zero-order valence-electron chi connectivity index (χ0n) is 18.4. The Morgan fingerprint density at radius 3 is 2.45 bits per heavy atom. The standard InChI is InChI=1S/C23H25Cl2N5O2S/c1-13(2)20(27-22(32)17-10-9-16(24)11-18(17)25)21-28-23(30-29-21)33-12-19(31)26-14(3)15-7-5-4-6-8-15/h4-11,13-14,20H,12H2,1-3H3,(H,26,31)(H,27,32)(H,28,29,30)/t14-,20-/m1/s1. The summed E-state index contributed by atoms with van der Waals surface area (Å²) in [6.45, 7) is 5.86. The van der Waals surface area contributed by atoms with Crippen LogP contribution in [0.4, 0.5) is 0 Å². The van der Waals surface area contributed by atoms with E-state index < -0.39 is 6.04 Å². The Kier molecular flexibility index (Phi) is 8.77.